The molecule has 4 heteroatoms. The Bertz CT molecular complexity index is 724. The van der Waals surface area contributed by atoms with Crippen LogP contribution in [0.1, 0.15) is 39.6 Å². The first kappa shape index (κ1) is 14.3. The smallest absolute Gasteiger partial charge is 0.252 e. The molecule has 1 atom stereocenters. The van der Waals surface area contributed by atoms with Crippen LogP contribution in [0, 0.1) is 3.57 Å². The van der Waals surface area contributed by atoms with Crippen LogP contribution in [0.5, 0.6) is 0 Å². The average Bonchev–Trinajstić information content (AvgIpc) is 2.72. The zero-order valence-electron chi connectivity index (χ0n) is 11.5. The number of rotatable bonds is 3. The van der Waals surface area contributed by atoms with Crippen LogP contribution >= 0.6 is 22.6 Å². The van der Waals surface area contributed by atoms with Crippen LogP contribution in [0.15, 0.2) is 48.5 Å². The van der Waals surface area contributed by atoms with E-state index >= 15 is 0 Å². The van der Waals surface area contributed by atoms with Crippen molar-refractivity contribution >= 4 is 34.3 Å². The van der Waals surface area contributed by atoms with Crippen LogP contribution in [0.4, 0.5) is 0 Å². The van der Waals surface area contributed by atoms with E-state index in [1.165, 1.54) is 0 Å². The highest BCUT2D eigenvalue weighted by Crippen LogP contribution is 2.34. The highest BCUT2D eigenvalue weighted by molar-refractivity contribution is 14.1. The number of hydrogen-bond acceptors (Lipinski definition) is 2. The molecule has 0 saturated heterocycles. The molecule has 0 fully saturated rings. The molecule has 3 nitrogen and oxygen atoms in total. The van der Waals surface area contributed by atoms with Crippen LogP contribution in [0.2, 0.25) is 0 Å². The van der Waals surface area contributed by atoms with Crippen molar-refractivity contribution in [3.63, 3.8) is 0 Å². The maximum absolute atomic E-state index is 12.5. The quantitative estimate of drug-likeness (QED) is 0.643. The first-order valence-electron chi connectivity index (χ1n) is 6.70. The molecular weight excluding hydrogens is 377 g/mol. The second-order valence-corrected chi connectivity index (χ2v) is 6.68. The van der Waals surface area contributed by atoms with Crippen molar-refractivity contribution in [2.24, 2.45) is 0 Å². The second kappa shape index (κ2) is 5.26. The molecule has 0 saturated carbocycles. The van der Waals surface area contributed by atoms with E-state index in [2.05, 4.69) is 27.9 Å². The maximum atomic E-state index is 12.5. The first-order valence-corrected chi connectivity index (χ1v) is 7.78. The molecule has 106 valence electrons. The van der Waals surface area contributed by atoms with Crippen molar-refractivity contribution in [1.82, 2.24) is 5.32 Å². The van der Waals surface area contributed by atoms with E-state index in [9.17, 15) is 9.59 Å². The van der Waals surface area contributed by atoms with Crippen molar-refractivity contribution in [2.45, 2.75) is 18.9 Å². The molecule has 1 N–H and O–H groups in total. The zero-order chi connectivity index (χ0) is 15.0. The molecule has 0 aromatic heterocycles. The molecule has 2 aromatic carbocycles. The van der Waals surface area contributed by atoms with Gasteiger partial charge in [-0.15, -0.1) is 0 Å². The van der Waals surface area contributed by atoms with Crippen LogP contribution in [0.3, 0.4) is 0 Å². The Morgan fingerprint density at radius 1 is 1.14 bits per heavy atom. The van der Waals surface area contributed by atoms with Crippen molar-refractivity contribution < 1.29 is 9.59 Å². The molecule has 21 heavy (non-hydrogen) atoms. The SMILES string of the molecule is C[C@@]1(CC(=O)c2ccc(I)cc2)NC(=O)c2ccccc21. The lowest BCUT2D eigenvalue weighted by molar-refractivity contribution is 0.0894. The van der Waals surface area contributed by atoms with Gasteiger partial charge >= 0.3 is 0 Å². The Hall–Kier alpha value is -1.69. The molecule has 0 spiro atoms. The molecule has 0 unspecified atom stereocenters. The Kier molecular flexibility index (Phi) is 3.57. The number of nitrogens with one attached hydrogen (secondary N) is 1. The van der Waals surface area contributed by atoms with Crippen LogP contribution in [0.25, 0.3) is 0 Å². The summed E-state index contributed by atoms with van der Waals surface area (Å²) in [5.74, 6) is -0.0746. The van der Waals surface area contributed by atoms with Crippen molar-refractivity contribution in [3.8, 4) is 0 Å². The minimum Gasteiger partial charge on any atom is -0.342 e. The lowest BCUT2D eigenvalue weighted by atomic mass is 9.86. The highest BCUT2D eigenvalue weighted by Gasteiger charge is 2.40. The van der Waals surface area contributed by atoms with Gasteiger partial charge in [-0.3, -0.25) is 9.59 Å². The molecule has 1 aliphatic rings. The fourth-order valence-electron chi connectivity index (χ4n) is 2.75. The van der Waals surface area contributed by atoms with Crippen LogP contribution < -0.4 is 5.32 Å². The molecule has 3 rings (SSSR count). The van der Waals surface area contributed by atoms with Gasteiger partial charge in [-0.05, 0) is 53.3 Å². The number of fused-ring (bicyclic) bond motifs is 1. The fourth-order valence-corrected chi connectivity index (χ4v) is 3.11. The van der Waals surface area contributed by atoms with Gasteiger partial charge in [0.05, 0.1) is 5.54 Å². The predicted octanol–water partition coefficient (Wildman–Crippen LogP) is 3.52. The topological polar surface area (TPSA) is 46.2 Å². The zero-order valence-corrected chi connectivity index (χ0v) is 13.7. The van der Waals surface area contributed by atoms with E-state index in [0.29, 0.717) is 11.1 Å². The number of halogens is 1. The van der Waals surface area contributed by atoms with E-state index in [1.807, 2.05) is 49.4 Å². The van der Waals surface area contributed by atoms with Gasteiger partial charge in [0.1, 0.15) is 0 Å². The standard InChI is InChI=1S/C17H14INO2/c1-17(10-15(20)11-6-8-12(18)9-7-11)14-5-3-2-4-13(14)16(21)19-17/h2-9H,10H2,1H3,(H,19,21)/t17-/m0/s1. The largest absolute Gasteiger partial charge is 0.342 e. The summed E-state index contributed by atoms with van der Waals surface area (Å²) in [5, 5.41) is 2.95. The molecule has 0 aliphatic carbocycles. The minimum atomic E-state index is -0.631. The summed E-state index contributed by atoms with van der Waals surface area (Å²) < 4.78 is 1.09. The van der Waals surface area contributed by atoms with Gasteiger partial charge in [-0.2, -0.15) is 0 Å². The number of carbonyl (C=O) groups excluding carboxylic acids is 2. The summed E-state index contributed by atoms with van der Waals surface area (Å²) in [4.78, 5) is 24.5. The average molecular weight is 391 g/mol. The number of Topliss-reactive ketones (excluding diaryl/α,β-unsaturated/α-hetero) is 1. The number of hydrogen-bond donors (Lipinski definition) is 1. The van der Waals surface area contributed by atoms with Gasteiger partial charge < -0.3 is 5.32 Å². The second-order valence-electron chi connectivity index (χ2n) is 5.44. The van der Waals surface area contributed by atoms with E-state index in [1.54, 1.807) is 6.07 Å². The summed E-state index contributed by atoms with van der Waals surface area (Å²) in [6.45, 7) is 1.90. The van der Waals surface area contributed by atoms with E-state index in [4.69, 9.17) is 0 Å². The normalized spacial score (nSPS) is 20.0. The molecule has 1 amide bonds. The molecule has 2 aromatic rings. The summed E-state index contributed by atoms with van der Waals surface area (Å²) in [6, 6.07) is 14.9. The Balaban J connectivity index is 1.90. The number of carbonyl (C=O) groups is 2. The maximum Gasteiger partial charge on any atom is 0.252 e. The molecule has 1 heterocycles. The van der Waals surface area contributed by atoms with Gasteiger partial charge in [-0.1, -0.05) is 30.3 Å². The number of amides is 1. The summed E-state index contributed by atoms with van der Waals surface area (Å²) in [5.41, 5.74) is 1.60. The third-order valence-corrected chi connectivity index (χ3v) is 4.56. The monoisotopic (exact) mass is 391 g/mol. The van der Waals surface area contributed by atoms with Gasteiger partial charge in [0, 0.05) is 21.1 Å². The minimum absolute atomic E-state index is 0.0332. The molecule has 1 aliphatic heterocycles. The van der Waals surface area contributed by atoms with E-state index in [-0.39, 0.29) is 18.1 Å². The molecular formula is C17H14INO2. The summed E-state index contributed by atoms with van der Waals surface area (Å²) >= 11 is 2.21. The van der Waals surface area contributed by atoms with E-state index < -0.39 is 5.54 Å². The van der Waals surface area contributed by atoms with Gasteiger partial charge in [0.2, 0.25) is 0 Å². The van der Waals surface area contributed by atoms with Gasteiger partial charge in [0.25, 0.3) is 5.91 Å². The van der Waals surface area contributed by atoms with Crippen molar-refractivity contribution in [1.29, 1.82) is 0 Å². The summed E-state index contributed by atoms with van der Waals surface area (Å²) in [6.07, 6.45) is 0.260. The van der Waals surface area contributed by atoms with Crippen LogP contribution in [-0.4, -0.2) is 11.7 Å². The Morgan fingerprint density at radius 2 is 1.81 bits per heavy atom. The fraction of sp³-hybridized carbons (Fsp3) is 0.176. The summed E-state index contributed by atoms with van der Waals surface area (Å²) in [7, 11) is 0. The van der Waals surface area contributed by atoms with Crippen LogP contribution in [-0.2, 0) is 5.54 Å². The molecule has 0 bridgehead atoms. The predicted molar refractivity (Wildman–Crippen MR) is 89.4 cm³/mol. The van der Waals surface area contributed by atoms with Crippen molar-refractivity contribution in [3.05, 3.63) is 68.8 Å². The van der Waals surface area contributed by atoms with Gasteiger partial charge in [-0.25, -0.2) is 0 Å². The third-order valence-electron chi connectivity index (χ3n) is 3.84. The third kappa shape index (κ3) is 2.60. The van der Waals surface area contributed by atoms with Gasteiger partial charge in [0.15, 0.2) is 5.78 Å². The number of benzene rings is 2. The van der Waals surface area contributed by atoms with Crippen molar-refractivity contribution in [2.75, 3.05) is 0 Å². The first-order chi connectivity index (χ1) is 9.99. The Labute approximate surface area is 136 Å². The number of ketones is 1. The molecule has 0 radical (unpaired) electrons. The highest BCUT2D eigenvalue weighted by atomic mass is 127. The lowest BCUT2D eigenvalue weighted by Crippen LogP contribution is -2.38. The van der Waals surface area contributed by atoms with E-state index in [0.717, 1.165) is 9.13 Å². The Morgan fingerprint density at radius 3 is 2.52 bits per heavy atom. The lowest BCUT2D eigenvalue weighted by Gasteiger charge is -2.24.